The van der Waals surface area contributed by atoms with Gasteiger partial charge in [-0.2, -0.15) is 4.31 Å². The monoisotopic (exact) mass is 550 g/mol. The number of rotatable bonds is 5. The Morgan fingerprint density at radius 2 is 1.94 bits per heavy atom. The molecule has 0 bridgehead atoms. The van der Waals surface area contributed by atoms with Crippen LogP contribution < -0.4 is 10.6 Å². The Bertz CT molecular complexity index is 1440. The summed E-state index contributed by atoms with van der Waals surface area (Å²) >= 11 is 7.44. The molecule has 1 aromatic carbocycles. The Morgan fingerprint density at radius 1 is 1.17 bits per heavy atom. The molecule has 10 nitrogen and oxygen atoms in total. The van der Waals surface area contributed by atoms with Crippen LogP contribution in [0, 0.1) is 0 Å². The number of fused-ring (bicyclic) bond motifs is 2. The zero-order valence-electron chi connectivity index (χ0n) is 19.9. The lowest BCUT2D eigenvalue weighted by Crippen LogP contribution is -2.61. The van der Waals surface area contributed by atoms with Gasteiger partial charge in [0.05, 0.1) is 24.0 Å². The van der Waals surface area contributed by atoms with Crippen molar-refractivity contribution in [2.45, 2.75) is 31.5 Å². The number of amides is 2. The molecule has 192 valence electrons. The van der Waals surface area contributed by atoms with Gasteiger partial charge in [-0.05, 0) is 37.7 Å². The number of halogens is 1. The van der Waals surface area contributed by atoms with Crippen LogP contribution in [0.25, 0.3) is 10.9 Å². The predicted octanol–water partition coefficient (Wildman–Crippen LogP) is 1.83. The van der Waals surface area contributed by atoms with Crippen LogP contribution in [0.5, 0.6) is 0 Å². The molecule has 1 fully saturated rings. The van der Waals surface area contributed by atoms with Crippen molar-refractivity contribution >= 4 is 55.7 Å². The third-order valence-corrected chi connectivity index (χ3v) is 9.21. The number of hydrogen-bond donors (Lipinski definition) is 3. The third kappa shape index (κ3) is 5.28. The molecule has 13 heteroatoms. The molecule has 0 unspecified atom stereocenters. The van der Waals surface area contributed by atoms with E-state index in [0.29, 0.717) is 22.1 Å². The van der Waals surface area contributed by atoms with E-state index in [1.54, 1.807) is 24.3 Å². The molecule has 0 radical (unpaired) electrons. The first kappa shape index (κ1) is 25.2. The van der Waals surface area contributed by atoms with E-state index < -0.39 is 28.0 Å². The summed E-state index contributed by atoms with van der Waals surface area (Å²) in [5.41, 5.74) is 2.04. The minimum atomic E-state index is -3.46. The molecule has 3 N–H and O–H groups in total. The van der Waals surface area contributed by atoms with Gasteiger partial charge in [-0.15, -0.1) is 11.3 Å². The number of carbonyl (C=O) groups excluding carboxylic acids is 2. The number of thiazole rings is 1. The van der Waals surface area contributed by atoms with Gasteiger partial charge in [0.1, 0.15) is 5.69 Å². The second-order valence-corrected chi connectivity index (χ2v) is 12.9. The van der Waals surface area contributed by atoms with E-state index in [1.807, 2.05) is 7.05 Å². The molecule has 0 aliphatic carbocycles. The Hall–Kier alpha value is -2.51. The first-order chi connectivity index (χ1) is 17.1. The highest BCUT2D eigenvalue weighted by Crippen LogP contribution is 2.25. The summed E-state index contributed by atoms with van der Waals surface area (Å²) in [5.74, 6) is -0.705. The van der Waals surface area contributed by atoms with Crippen molar-refractivity contribution in [3.8, 4) is 0 Å². The van der Waals surface area contributed by atoms with Crippen LogP contribution in [0.2, 0.25) is 5.02 Å². The first-order valence-corrected chi connectivity index (χ1v) is 14.6. The van der Waals surface area contributed by atoms with E-state index in [0.717, 1.165) is 47.2 Å². The number of sulfonamides is 1. The molecule has 3 aromatic rings. The highest BCUT2D eigenvalue weighted by molar-refractivity contribution is 7.88. The van der Waals surface area contributed by atoms with Crippen LogP contribution >= 0.6 is 22.9 Å². The lowest BCUT2D eigenvalue weighted by atomic mass is 10.0. The second-order valence-electron chi connectivity index (χ2n) is 9.36. The van der Waals surface area contributed by atoms with Crippen LogP contribution in [0.15, 0.2) is 24.3 Å². The number of piperidine rings is 1. The zero-order chi connectivity index (χ0) is 25.6. The summed E-state index contributed by atoms with van der Waals surface area (Å²) in [5, 5.41) is 7.66. The number of nitrogens with one attached hydrogen (secondary N) is 3. The van der Waals surface area contributed by atoms with Crippen LogP contribution in [-0.4, -0.2) is 84.4 Å². The van der Waals surface area contributed by atoms with Gasteiger partial charge >= 0.3 is 0 Å². The molecule has 0 saturated carbocycles. The highest BCUT2D eigenvalue weighted by atomic mass is 35.5. The van der Waals surface area contributed by atoms with Gasteiger partial charge < -0.3 is 20.5 Å². The topological polar surface area (TPSA) is 128 Å². The summed E-state index contributed by atoms with van der Waals surface area (Å²) in [6, 6.07) is 5.88. The van der Waals surface area contributed by atoms with Crippen LogP contribution in [0.4, 0.5) is 0 Å². The number of carbonyl (C=O) groups is 2. The Morgan fingerprint density at radius 3 is 2.72 bits per heavy atom. The summed E-state index contributed by atoms with van der Waals surface area (Å²) in [6.07, 6.45) is 2.31. The average Bonchev–Trinajstić information content (AvgIpc) is 3.43. The largest absolute Gasteiger partial charge is 0.351 e. The maximum Gasteiger partial charge on any atom is 0.280 e. The van der Waals surface area contributed by atoms with Crippen LogP contribution in [-0.2, 0) is 23.0 Å². The Kier molecular flexibility index (Phi) is 6.81. The van der Waals surface area contributed by atoms with Crippen molar-refractivity contribution in [1.82, 2.24) is 29.8 Å². The quantitative estimate of drug-likeness (QED) is 0.445. The van der Waals surface area contributed by atoms with Crippen molar-refractivity contribution in [3.05, 3.63) is 50.6 Å². The smallest absolute Gasteiger partial charge is 0.280 e. The van der Waals surface area contributed by atoms with E-state index in [2.05, 4.69) is 25.5 Å². The molecule has 2 amide bonds. The summed E-state index contributed by atoms with van der Waals surface area (Å²) in [4.78, 5) is 37.1. The van der Waals surface area contributed by atoms with E-state index in [1.165, 1.54) is 15.6 Å². The van der Waals surface area contributed by atoms with E-state index >= 15 is 0 Å². The second kappa shape index (κ2) is 9.75. The van der Waals surface area contributed by atoms with Crippen molar-refractivity contribution in [1.29, 1.82) is 0 Å². The lowest BCUT2D eigenvalue weighted by Gasteiger charge is -2.37. The van der Waals surface area contributed by atoms with Gasteiger partial charge in [0, 0.05) is 53.4 Å². The number of H-pyrrole nitrogens is 1. The molecule has 2 aliphatic heterocycles. The molecule has 2 aromatic heterocycles. The minimum Gasteiger partial charge on any atom is -0.351 e. The van der Waals surface area contributed by atoms with Gasteiger partial charge in [-0.1, -0.05) is 11.6 Å². The molecular formula is C23H27ClN6O4S2. The number of likely N-dealkylation sites (N-methyl/N-ethyl adjacent to an activating group) is 1. The minimum absolute atomic E-state index is 0.0563. The fraction of sp³-hybridized carbons (Fsp3) is 0.435. The molecule has 4 heterocycles. The van der Waals surface area contributed by atoms with Gasteiger partial charge in [0.25, 0.3) is 11.8 Å². The van der Waals surface area contributed by atoms with Crippen LogP contribution in [0.1, 0.15) is 37.3 Å². The van der Waals surface area contributed by atoms with Gasteiger partial charge in [0.15, 0.2) is 5.01 Å². The van der Waals surface area contributed by atoms with Crippen LogP contribution in [0.3, 0.4) is 0 Å². The highest BCUT2D eigenvalue weighted by Gasteiger charge is 2.36. The fourth-order valence-corrected chi connectivity index (χ4v) is 6.81. The molecule has 1 saturated heterocycles. The summed E-state index contributed by atoms with van der Waals surface area (Å²) < 4.78 is 25.8. The molecule has 5 rings (SSSR count). The molecule has 36 heavy (non-hydrogen) atoms. The van der Waals surface area contributed by atoms with Crippen molar-refractivity contribution in [2.75, 3.05) is 32.9 Å². The standard InChI is InChI=1S/C23H27ClN6O4S2/c1-29-7-5-17-20(12-29)35-23(28-17)22(32)26-16-6-8-30(36(2,33)34)11-19(16)27-21(31)18-10-13-9-14(24)3-4-15(13)25-18/h3-4,9-10,16,19,25H,5-8,11-12H2,1-2H3,(H,26,32)(H,27,31)/t16-,19+/m0/s1. The van der Waals surface area contributed by atoms with Gasteiger partial charge in [-0.25, -0.2) is 13.4 Å². The van der Waals surface area contributed by atoms with Gasteiger partial charge in [0.2, 0.25) is 10.0 Å². The lowest BCUT2D eigenvalue weighted by molar-refractivity contribution is 0.0847. The Balaban J connectivity index is 1.34. The molecular weight excluding hydrogens is 524 g/mol. The van der Waals surface area contributed by atoms with Gasteiger partial charge in [-0.3, -0.25) is 9.59 Å². The number of nitrogens with zero attached hydrogens (tertiary/aromatic N) is 3. The number of hydrogen-bond acceptors (Lipinski definition) is 7. The maximum absolute atomic E-state index is 13.1. The Labute approximate surface area is 218 Å². The van der Waals surface area contributed by atoms with E-state index in [9.17, 15) is 18.0 Å². The average molecular weight is 551 g/mol. The predicted molar refractivity (Wildman–Crippen MR) is 139 cm³/mol. The molecule has 0 spiro atoms. The van der Waals surface area contributed by atoms with Crippen molar-refractivity contribution in [2.24, 2.45) is 0 Å². The maximum atomic E-state index is 13.1. The third-order valence-electron chi connectivity index (χ3n) is 6.62. The zero-order valence-corrected chi connectivity index (χ0v) is 22.3. The van der Waals surface area contributed by atoms with Crippen molar-refractivity contribution in [3.63, 3.8) is 0 Å². The number of benzene rings is 1. The first-order valence-electron chi connectivity index (χ1n) is 11.6. The van der Waals surface area contributed by atoms with E-state index in [-0.39, 0.29) is 19.0 Å². The SMILES string of the molecule is CN1CCc2nc(C(=O)N[C@H]3CCN(S(C)(=O)=O)C[C@H]3NC(=O)c3cc4cc(Cl)ccc4[nH]3)sc2C1. The molecule has 2 aliphatic rings. The summed E-state index contributed by atoms with van der Waals surface area (Å²) in [7, 11) is -1.43. The normalized spacial score (nSPS) is 21.3. The van der Waals surface area contributed by atoms with Crippen molar-refractivity contribution < 1.29 is 18.0 Å². The number of aromatic amines is 1. The summed E-state index contributed by atoms with van der Waals surface area (Å²) in [6.45, 7) is 1.97. The fourth-order valence-electron chi connectivity index (χ4n) is 4.66. The molecule has 2 atom stereocenters. The van der Waals surface area contributed by atoms with E-state index in [4.69, 9.17) is 11.6 Å². The number of aromatic nitrogens is 2.